The Morgan fingerprint density at radius 1 is 1.26 bits per heavy atom. The third-order valence-electron chi connectivity index (χ3n) is 4.09. The van der Waals surface area contributed by atoms with Gasteiger partial charge in [0.05, 0.1) is 6.07 Å². The van der Waals surface area contributed by atoms with Crippen LogP contribution in [0.2, 0.25) is 0 Å². The van der Waals surface area contributed by atoms with Crippen LogP contribution in [-0.2, 0) is 16.0 Å². The van der Waals surface area contributed by atoms with E-state index in [1.807, 2.05) is 12.1 Å². The largest absolute Gasteiger partial charge is 0.482 e. The zero-order chi connectivity index (χ0) is 16.7. The number of carbonyl (C=O) groups is 2. The number of nitrogens with zero attached hydrogens (tertiary/aromatic N) is 1. The number of rotatable bonds is 7. The molecule has 0 bridgehead atoms. The highest BCUT2D eigenvalue weighted by molar-refractivity contribution is 5.85. The lowest BCUT2D eigenvalue weighted by Gasteiger charge is -2.19. The molecule has 1 aliphatic rings. The molecule has 0 aromatic heterocycles. The molecule has 0 radical (unpaired) electrons. The maximum absolute atomic E-state index is 12.2. The third kappa shape index (κ3) is 4.46. The van der Waals surface area contributed by atoms with Crippen molar-refractivity contribution in [1.82, 2.24) is 5.32 Å². The van der Waals surface area contributed by atoms with Crippen molar-refractivity contribution in [3.8, 4) is 11.8 Å². The van der Waals surface area contributed by atoms with Gasteiger partial charge in [-0.1, -0.05) is 25.0 Å². The van der Waals surface area contributed by atoms with Crippen molar-refractivity contribution in [2.24, 2.45) is 5.41 Å². The summed E-state index contributed by atoms with van der Waals surface area (Å²) in [5.41, 5.74) is 0.166. The average Bonchev–Trinajstić information content (AvgIpc) is 3.04. The zero-order valence-electron chi connectivity index (χ0n) is 12.9. The minimum atomic E-state index is -1.02. The molecule has 2 N–H and O–H groups in total. The van der Waals surface area contributed by atoms with Crippen molar-refractivity contribution in [3.05, 3.63) is 29.8 Å². The molecule has 6 nitrogen and oxygen atoms in total. The fraction of sp³-hybridized carbons (Fsp3) is 0.471. The van der Waals surface area contributed by atoms with Gasteiger partial charge in [0.1, 0.15) is 11.2 Å². The van der Waals surface area contributed by atoms with Crippen molar-refractivity contribution in [1.29, 1.82) is 5.26 Å². The number of aliphatic carboxylic acids is 1. The van der Waals surface area contributed by atoms with E-state index >= 15 is 0 Å². The minimum absolute atomic E-state index is 0.168. The highest BCUT2D eigenvalue weighted by atomic mass is 16.5. The van der Waals surface area contributed by atoms with Crippen molar-refractivity contribution < 1.29 is 19.4 Å². The van der Waals surface area contributed by atoms with Crippen LogP contribution in [0.15, 0.2) is 24.3 Å². The Labute approximate surface area is 135 Å². The summed E-state index contributed by atoms with van der Waals surface area (Å²) in [6, 6.07) is 9.25. The molecule has 2 rings (SSSR count). The Bertz CT molecular complexity index is 598. The Morgan fingerprint density at radius 3 is 2.48 bits per heavy atom. The van der Waals surface area contributed by atoms with Crippen LogP contribution in [0.25, 0.3) is 0 Å². The molecule has 1 fully saturated rings. The van der Waals surface area contributed by atoms with Crippen molar-refractivity contribution in [2.75, 3.05) is 13.2 Å². The first-order chi connectivity index (χ1) is 11.1. The molecule has 1 aliphatic carbocycles. The molecule has 1 aromatic carbocycles. The van der Waals surface area contributed by atoms with E-state index in [1.165, 1.54) is 0 Å². The highest BCUT2D eigenvalue weighted by Gasteiger charge is 2.41. The summed E-state index contributed by atoms with van der Waals surface area (Å²) in [5, 5.41) is 20.6. The van der Waals surface area contributed by atoms with Gasteiger partial charge in [0, 0.05) is 6.54 Å². The molecule has 0 atom stereocenters. The number of hydrogen-bond acceptors (Lipinski definition) is 4. The summed E-state index contributed by atoms with van der Waals surface area (Å²) in [5.74, 6) is -0.691. The van der Waals surface area contributed by atoms with Gasteiger partial charge in [-0.2, -0.15) is 5.26 Å². The molecule has 23 heavy (non-hydrogen) atoms. The van der Waals surface area contributed by atoms with Gasteiger partial charge in [0.15, 0.2) is 6.61 Å². The topological polar surface area (TPSA) is 99.4 Å². The van der Waals surface area contributed by atoms with Crippen LogP contribution in [0.1, 0.15) is 31.2 Å². The van der Waals surface area contributed by atoms with Crippen molar-refractivity contribution in [3.63, 3.8) is 0 Å². The van der Waals surface area contributed by atoms with E-state index in [-0.39, 0.29) is 12.5 Å². The van der Waals surface area contributed by atoms with Gasteiger partial charge in [-0.3, -0.25) is 4.79 Å². The van der Waals surface area contributed by atoms with Gasteiger partial charge in [-0.05, 0) is 37.0 Å². The van der Waals surface area contributed by atoms with Crippen LogP contribution < -0.4 is 10.1 Å². The standard InChI is InChI=1S/C17H20N2O4/c18-12-17(8-1-2-9-17)16(22)19-10-7-13-3-5-14(6-4-13)23-11-15(20)21/h3-6H,1-2,7-11H2,(H,19,22)(H,20,21). The number of amides is 1. The van der Waals surface area contributed by atoms with Crippen LogP contribution in [0.3, 0.4) is 0 Å². The number of carbonyl (C=O) groups excluding carboxylic acids is 1. The Kier molecular flexibility index (Phi) is 5.58. The summed E-state index contributed by atoms with van der Waals surface area (Å²) in [6.45, 7) is 0.100. The van der Waals surface area contributed by atoms with Crippen molar-refractivity contribution in [2.45, 2.75) is 32.1 Å². The first kappa shape index (κ1) is 16.8. The van der Waals surface area contributed by atoms with Crippen LogP contribution in [0.5, 0.6) is 5.75 Å². The SMILES string of the molecule is N#CC1(C(=O)NCCc2ccc(OCC(=O)O)cc2)CCCC1. The fourth-order valence-electron chi connectivity index (χ4n) is 2.76. The molecule has 6 heteroatoms. The van der Waals surface area contributed by atoms with Gasteiger partial charge in [0.25, 0.3) is 0 Å². The molecule has 1 amide bonds. The molecule has 0 spiro atoms. The number of benzene rings is 1. The molecular formula is C17H20N2O4. The Morgan fingerprint density at radius 2 is 1.91 bits per heavy atom. The Hall–Kier alpha value is -2.55. The fourth-order valence-corrected chi connectivity index (χ4v) is 2.76. The summed E-state index contributed by atoms with van der Waals surface area (Å²) >= 11 is 0. The molecule has 0 heterocycles. The number of carboxylic acids is 1. The predicted molar refractivity (Wildman–Crippen MR) is 82.8 cm³/mol. The number of hydrogen-bond donors (Lipinski definition) is 2. The quantitative estimate of drug-likeness (QED) is 0.800. The second kappa shape index (κ2) is 7.63. The minimum Gasteiger partial charge on any atom is -0.482 e. The predicted octanol–water partition coefficient (Wildman–Crippen LogP) is 1.89. The van der Waals surface area contributed by atoms with E-state index in [1.54, 1.807) is 12.1 Å². The van der Waals surface area contributed by atoms with E-state index in [4.69, 9.17) is 9.84 Å². The highest BCUT2D eigenvalue weighted by Crippen LogP contribution is 2.37. The normalized spacial score (nSPS) is 15.6. The summed E-state index contributed by atoms with van der Waals surface area (Å²) < 4.78 is 5.06. The van der Waals surface area contributed by atoms with E-state index in [2.05, 4.69) is 11.4 Å². The molecule has 1 saturated carbocycles. The monoisotopic (exact) mass is 316 g/mol. The lowest BCUT2D eigenvalue weighted by molar-refractivity contribution is -0.139. The number of nitriles is 1. The zero-order valence-corrected chi connectivity index (χ0v) is 12.9. The third-order valence-corrected chi connectivity index (χ3v) is 4.09. The second-order valence-electron chi connectivity index (χ2n) is 5.73. The van der Waals surface area contributed by atoms with Gasteiger partial charge in [-0.25, -0.2) is 4.79 Å². The second-order valence-corrected chi connectivity index (χ2v) is 5.73. The van der Waals surface area contributed by atoms with Gasteiger partial charge < -0.3 is 15.2 Å². The van der Waals surface area contributed by atoms with Gasteiger partial charge in [0.2, 0.25) is 5.91 Å². The summed E-state index contributed by atoms with van der Waals surface area (Å²) in [4.78, 5) is 22.6. The maximum Gasteiger partial charge on any atom is 0.341 e. The van der Waals surface area contributed by atoms with Crippen LogP contribution >= 0.6 is 0 Å². The number of carboxylic acid groups (broad SMARTS) is 1. The maximum atomic E-state index is 12.2. The first-order valence-corrected chi connectivity index (χ1v) is 7.69. The van der Waals surface area contributed by atoms with Gasteiger partial charge >= 0.3 is 5.97 Å². The summed E-state index contributed by atoms with van der Waals surface area (Å²) in [6.07, 6.45) is 3.79. The van der Waals surface area contributed by atoms with Crippen LogP contribution in [-0.4, -0.2) is 30.1 Å². The average molecular weight is 316 g/mol. The van der Waals surface area contributed by atoms with Crippen molar-refractivity contribution >= 4 is 11.9 Å². The lowest BCUT2D eigenvalue weighted by atomic mass is 9.87. The van der Waals surface area contributed by atoms with Crippen LogP contribution in [0, 0.1) is 16.7 Å². The molecule has 0 saturated heterocycles. The molecule has 122 valence electrons. The number of nitrogens with one attached hydrogen (secondary N) is 1. The molecule has 1 aromatic rings. The van der Waals surface area contributed by atoms with E-state index < -0.39 is 11.4 Å². The van der Waals surface area contributed by atoms with Crippen LogP contribution in [0.4, 0.5) is 0 Å². The first-order valence-electron chi connectivity index (χ1n) is 7.69. The van der Waals surface area contributed by atoms with E-state index in [0.717, 1.165) is 18.4 Å². The Balaban J connectivity index is 1.79. The molecule has 0 aliphatic heterocycles. The lowest BCUT2D eigenvalue weighted by Crippen LogP contribution is -2.39. The van der Waals surface area contributed by atoms with E-state index in [9.17, 15) is 14.9 Å². The number of ether oxygens (including phenoxy) is 1. The smallest absolute Gasteiger partial charge is 0.341 e. The summed E-state index contributed by atoms with van der Waals surface area (Å²) in [7, 11) is 0. The van der Waals surface area contributed by atoms with Gasteiger partial charge in [-0.15, -0.1) is 0 Å². The molecular weight excluding hydrogens is 296 g/mol. The van der Waals surface area contributed by atoms with E-state index in [0.29, 0.717) is 31.6 Å². The molecule has 0 unspecified atom stereocenters.